The van der Waals surface area contributed by atoms with Gasteiger partial charge >= 0.3 is 0 Å². The van der Waals surface area contributed by atoms with Gasteiger partial charge in [-0.15, -0.1) is 0 Å². The number of aryl methyl sites for hydroxylation is 3. The summed E-state index contributed by atoms with van der Waals surface area (Å²) in [6, 6.07) is 6.25. The van der Waals surface area contributed by atoms with Gasteiger partial charge in [0.25, 0.3) is 0 Å². The Bertz CT molecular complexity index is 605. The lowest BCUT2D eigenvalue weighted by Gasteiger charge is -2.12. The first-order valence-electron chi connectivity index (χ1n) is 6.48. The van der Waals surface area contributed by atoms with Gasteiger partial charge in [0.05, 0.1) is 0 Å². The number of rotatable bonds is 3. The Hall–Kier alpha value is -2.10. The van der Waals surface area contributed by atoms with Crippen molar-refractivity contribution in [1.29, 1.82) is 0 Å². The van der Waals surface area contributed by atoms with E-state index in [1.54, 1.807) is 0 Å². The number of nitrogen functional groups attached to an aromatic ring is 1. The molecule has 4 nitrogen and oxygen atoms in total. The lowest BCUT2D eigenvalue weighted by Crippen LogP contribution is -2.06. The highest BCUT2D eigenvalue weighted by atomic mass is 15.1. The Labute approximate surface area is 114 Å². The van der Waals surface area contributed by atoms with Crippen molar-refractivity contribution in [3.8, 4) is 0 Å². The van der Waals surface area contributed by atoms with Crippen molar-refractivity contribution in [2.45, 2.75) is 34.1 Å². The Balaban J connectivity index is 2.37. The second kappa shape index (κ2) is 5.26. The topological polar surface area (TPSA) is 63.8 Å². The van der Waals surface area contributed by atoms with E-state index >= 15 is 0 Å². The lowest BCUT2D eigenvalue weighted by molar-refractivity contribution is 0.940. The lowest BCUT2D eigenvalue weighted by atomic mass is 10.1. The molecule has 0 radical (unpaired) electrons. The molecule has 100 valence electrons. The molecule has 0 fully saturated rings. The van der Waals surface area contributed by atoms with Crippen molar-refractivity contribution in [3.63, 3.8) is 0 Å². The highest BCUT2D eigenvalue weighted by molar-refractivity contribution is 5.64. The molecule has 3 N–H and O–H groups in total. The minimum absolute atomic E-state index is 0.540. The summed E-state index contributed by atoms with van der Waals surface area (Å²) in [7, 11) is 0. The summed E-state index contributed by atoms with van der Waals surface area (Å²) in [5.41, 5.74) is 10.3. The van der Waals surface area contributed by atoms with Gasteiger partial charge < -0.3 is 11.1 Å². The number of aromatic nitrogens is 2. The van der Waals surface area contributed by atoms with Crippen molar-refractivity contribution in [3.05, 3.63) is 40.7 Å². The predicted octanol–water partition coefficient (Wildman–Crippen LogP) is 3.29. The van der Waals surface area contributed by atoms with E-state index in [1.807, 2.05) is 19.9 Å². The van der Waals surface area contributed by atoms with Gasteiger partial charge in [-0.25, -0.2) is 9.97 Å². The van der Waals surface area contributed by atoms with E-state index in [-0.39, 0.29) is 0 Å². The average molecular weight is 256 g/mol. The molecule has 0 saturated carbocycles. The molecule has 0 aliphatic heterocycles. The fourth-order valence-corrected chi connectivity index (χ4v) is 1.82. The summed E-state index contributed by atoms with van der Waals surface area (Å²) < 4.78 is 0. The van der Waals surface area contributed by atoms with Gasteiger partial charge in [0, 0.05) is 17.7 Å². The Morgan fingerprint density at radius 3 is 2.47 bits per heavy atom. The molecule has 0 bridgehead atoms. The van der Waals surface area contributed by atoms with Gasteiger partial charge in [0.2, 0.25) is 0 Å². The second-order valence-electron chi connectivity index (χ2n) is 4.78. The molecule has 0 unspecified atom stereocenters. The second-order valence-corrected chi connectivity index (χ2v) is 4.78. The third-order valence-electron chi connectivity index (χ3n) is 3.32. The molecule has 1 aromatic heterocycles. The van der Waals surface area contributed by atoms with Crippen LogP contribution in [0.4, 0.5) is 17.3 Å². The van der Waals surface area contributed by atoms with Gasteiger partial charge in [0.15, 0.2) is 0 Å². The van der Waals surface area contributed by atoms with Crippen molar-refractivity contribution in [2.75, 3.05) is 11.1 Å². The Kier molecular flexibility index (Phi) is 3.69. The van der Waals surface area contributed by atoms with Crippen LogP contribution < -0.4 is 11.1 Å². The third-order valence-corrected chi connectivity index (χ3v) is 3.32. The summed E-state index contributed by atoms with van der Waals surface area (Å²) in [4.78, 5) is 8.75. The molecular weight excluding hydrogens is 236 g/mol. The van der Waals surface area contributed by atoms with E-state index < -0.39 is 0 Å². The zero-order chi connectivity index (χ0) is 14.0. The van der Waals surface area contributed by atoms with Crippen LogP contribution in [0.1, 0.15) is 29.4 Å². The molecule has 1 aromatic carbocycles. The zero-order valence-electron chi connectivity index (χ0n) is 11.9. The van der Waals surface area contributed by atoms with E-state index in [9.17, 15) is 0 Å². The van der Waals surface area contributed by atoms with Crippen LogP contribution in [0.3, 0.4) is 0 Å². The SMILES string of the molecule is CCc1nc(N)c(C)c(Nc2ccc(C)c(C)c2)n1. The number of nitrogens with zero attached hydrogens (tertiary/aromatic N) is 2. The van der Waals surface area contributed by atoms with E-state index in [4.69, 9.17) is 5.73 Å². The molecule has 0 amide bonds. The maximum atomic E-state index is 5.91. The number of nitrogens with one attached hydrogen (secondary N) is 1. The first-order valence-corrected chi connectivity index (χ1v) is 6.48. The summed E-state index contributed by atoms with van der Waals surface area (Å²) in [5, 5.41) is 3.32. The highest BCUT2D eigenvalue weighted by Crippen LogP contribution is 2.23. The quantitative estimate of drug-likeness (QED) is 0.884. The molecule has 1 heterocycles. The van der Waals surface area contributed by atoms with Crippen LogP contribution in [0.15, 0.2) is 18.2 Å². The molecular formula is C15H20N4. The first-order chi connectivity index (χ1) is 9.01. The molecule has 0 spiro atoms. The van der Waals surface area contributed by atoms with Gasteiger partial charge in [0.1, 0.15) is 17.5 Å². The average Bonchev–Trinajstić information content (AvgIpc) is 2.39. The maximum Gasteiger partial charge on any atom is 0.139 e. The van der Waals surface area contributed by atoms with Crippen molar-refractivity contribution < 1.29 is 0 Å². The Morgan fingerprint density at radius 1 is 1.11 bits per heavy atom. The van der Waals surface area contributed by atoms with Crippen LogP contribution in [0, 0.1) is 20.8 Å². The van der Waals surface area contributed by atoms with Crippen LogP contribution in [-0.4, -0.2) is 9.97 Å². The largest absolute Gasteiger partial charge is 0.383 e. The van der Waals surface area contributed by atoms with E-state index in [0.717, 1.165) is 29.3 Å². The number of hydrogen-bond donors (Lipinski definition) is 2. The zero-order valence-corrected chi connectivity index (χ0v) is 11.9. The summed E-state index contributed by atoms with van der Waals surface area (Å²) >= 11 is 0. The first kappa shape index (κ1) is 13.3. The third kappa shape index (κ3) is 2.84. The van der Waals surface area contributed by atoms with Crippen molar-refractivity contribution in [2.24, 2.45) is 0 Å². The van der Waals surface area contributed by atoms with Gasteiger partial charge in [-0.3, -0.25) is 0 Å². The predicted molar refractivity (Wildman–Crippen MR) is 79.8 cm³/mol. The monoisotopic (exact) mass is 256 g/mol. The number of benzene rings is 1. The molecule has 4 heteroatoms. The fourth-order valence-electron chi connectivity index (χ4n) is 1.82. The van der Waals surface area contributed by atoms with Crippen molar-refractivity contribution in [1.82, 2.24) is 9.97 Å². The molecule has 19 heavy (non-hydrogen) atoms. The van der Waals surface area contributed by atoms with Gasteiger partial charge in [-0.1, -0.05) is 13.0 Å². The van der Waals surface area contributed by atoms with Crippen molar-refractivity contribution >= 4 is 17.3 Å². The molecule has 0 saturated heterocycles. The molecule has 0 atom stereocenters. The maximum absolute atomic E-state index is 5.91. The molecule has 0 aliphatic carbocycles. The summed E-state index contributed by atoms with van der Waals surface area (Å²) in [6.07, 6.45) is 0.770. The van der Waals surface area contributed by atoms with Gasteiger partial charge in [-0.2, -0.15) is 0 Å². The van der Waals surface area contributed by atoms with Gasteiger partial charge in [-0.05, 0) is 44.0 Å². The molecule has 2 aromatic rings. The van der Waals surface area contributed by atoms with Crippen LogP contribution in [0.2, 0.25) is 0 Å². The van der Waals surface area contributed by atoms with E-state index in [1.165, 1.54) is 11.1 Å². The van der Waals surface area contributed by atoms with Crippen LogP contribution in [0.5, 0.6) is 0 Å². The van der Waals surface area contributed by atoms with Crippen LogP contribution in [0.25, 0.3) is 0 Å². The molecule has 0 aliphatic rings. The number of nitrogens with two attached hydrogens (primary N) is 1. The normalized spacial score (nSPS) is 10.5. The fraction of sp³-hybridized carbons (Fsp3) is 0.333. The van der Waals surface area contributed by atoms with Crippen LogP contribution in [-0.2, 0) is 6.42 Å². The van der Waals surface area contributed by atoms with E-state index in [0.29, 0.717) is 5.82 Å². The highest BCUT2D eigenvalue weighted by Gasteiger charge is 2.08. The molecule has 2 rings (SSSR count). The van der Waals surface area contributed by atoms with E-state index in [2.05, 4.69) is 41.3 Å². The number of hydrogen-bond acceptors (Lipinski definition) is 4. The Morgan fingerprint density at radius 2 is 1.84 bits per heavy atom. The minimum atomic E-state index is 0.540. The number of anilines is 3. The summed E-state index contributed by atoms with van der Waals surface area (Å²) in [5.74, 6) is 2.08. The minimum Gasteiger partial charge on any atom is -0.383 e. The standard InChI is InChI=1S/C15H20N4/c1-5-13-18-14(16)11(4)15(19-13)17-12-7-6-9(2)10(3)8-12/h6-8H,5H2,1-4H3,(H3,16,17,18,19). The van der Waals surface area contributed by atoms with Crippen LogP contribution >= 0.6 is 0 Å². The summed E-state index contributed by atoms with van der Waals surface area (Å²) in [6.45, 7) is 8.14. The smallest absolute Gasteiger partial charge is 0.139 e.